The van der Waals surface area contributed by atoms with E-state index in [1.165, 1.54) is 237 Å². The highest BCUT2D eigenvalue weighted by Crippen LogP contribution is 2.19. The minimum Gasteiger partial charge on any atom is -0.205 e. The van der Waals surface area contributed by atoms with Gasteiger partial charge in [0, 0.05) is 18.1 Å². The summed E-state index contributed by atoms with van der Waals surface area (Å²) >= 11 is 0. The second-order valence-electron chi connectivity index (χ2n) is 16.4. The molecular weight excluding hydrogens is 615 g/mol. The minimum absolute atomic E-state index is 1.13. The highest BCUT2D eigenvalue weighted by Gasteiger charge is 2.10. The third-order valence-electron chi connectivity index (χ3n) is 11.5. The molecule has 2 aromatic rings. The summed E-state index contributed by atoms with van der Waals surface area (Å²) in [5, 5.41) is 0. The summed E-state index contributed by atoms with van der Waals surface area (Å²) in [5.41, 5.74) is 4.75. The van der Waals surface area contributed by atoms with Gasteiger partial charge in [-0.3, -0.25) is 0 Å². The molecule has 1 heteroatoms. The molecule has 0 saturated carbocycles. The fourth-order valence-corrected chi connectivity index (χ4v) is 8.06. The molecule has 2 rings (SSSR count). The molecule has 0 radical (unpaired) electrons. The maximum atomic E-state index is 2.53. The van der Waals surface area contributed by atoms with E-state index in [2.05, 4.69) is 67.2 Å². The molecule has 0 saturated heterocycles. The Morgan fingerprint density at radius 1 is 0.333 bits per heavy atom. The molecule has 1 nitrogen and oxygen atoms in total. The van der Waals surface area contributed by atoms with E-state index in [0.717, 1.165) is 6.54 Å². The largest absolute Gasteiger partial charge is 0.205 e. The molecule has 0 bridgehead atoms. The van der Waals surface area contributed by atoms with E-state index >= 15 is 0 Å². The number of hydrogen-bond donors (Lipinski definition) is 0. The molecule has 51 heavy (non-hydrogen) atoms. The van der Waals surface area contributed by atoms with Crippen LogP contribution in [0, 0.1) is 0 Å². The van der Waals surface area contributed by atoms with Crippen LogP contribution in [0.2, 0.25) is 0 Å². The third kappa shape index (κ3) is 27.6. The van der Waals surface area contributed by atoms with Crippen LogP contribution in [0.15, 0.2) is 48.8 Å². The molecule has 1 aromatic heterocycles. The minimum atomic E-state index is 1.13. The van der Waals surface area contributed by atoms with Crippen LogP contribution in [0.3, 0.4) is 0 Å². The van der Waals surface area contributed by atoms with Crippen molar-refractivity contribution >= 4 is 0 Å². The lowest BCUT2D eigenvalue weighted by Gasteiger charge is -2.10. The molecule has 0 aliphatic carbocycles. The van der Waals surface area contributed by atoms with Gasteiger partial charge in [0.1, 0.15) is 6.54 Å². The van der Waals surface area contributed by atoms with E-state index in [-0.39, 0.29) is 0 Å². The van der Waals surface area contributed by atoms with Crippen LogP contribution in [0.4, 0.5) is 0 Å². The van der Waals surface area contributed by atoms with Crippen molar-refractivity contribution in [1.82, 2.24) is 0 Å². The molecule has 0 spiro atoms. The van der Waals surface area contributed by atoms with E-state index in [4.69, 9.17) is 0 Å². The smallest absolute Gasteiger partial charge is 0.172 e. The van der Waals surface area contributed by atoms with E-state index in [1.54, 1.807) is 11.1 Å². The van der Waals surface area contributed by atoms with Crippen molar-refractivity contribution in [3.05, 3.63) is 65.5 Å². The monoisotopic (exact) mass is 703 g/mol. The number of rotatable bonds is 38. The molecule has 0 atom stereocenters. The maximum Gasteiger partial charge on any atom is 0.172 e. The molecule has 0 aliphatic heterocycles. The van der Waals surface area contributed by atoms with Crippen molar-refractivity contribution in [3.8, 4) is 0 Å². The molecule has 1 aromatic carbocycles. The Hall–Kier alpha value is -1.63. The highest BCUT2D eigenvalue weighted by atomic mass is 14.9. The van der Waals surface area contributed by atoms with Crippen molar-refractivity contribution in [2.24, 2.45) is 0 Å². The first-order valence-corrected chi connectivity index (χ1v) is 23.4. The van der Waals surface area contributed by atoms with E-state index in [1.807, 2.05) is 0 Å². The predicted molar refractivity (Wildman–Crippen MR) is 228 cm³/mol. The normalized spacial score (nSPS) is 11.5. The SMILES string of the molecule is CCCCCCCCCCCCCCCCCCc1cc[n+](CCCc2ccccc2)cc1CCCCCCCCCCCCCCCCCC. The first-order valence-electron chi connectivity index (χ1n) is 23.4. The van der Waals surface area contributed by atoms with Gasteiger partial charge in [-0.2, -0.15) is 0 Å². The van der Waals surface area contributed by atoms with Crippen LogP contribution in [-0.4, -0.2) is 0 Å². The first kappa shape index (κ1) is 45.5. The quantitative estimate of drug-likeness (QED) is 0.0484. The van der Waals surface area contributed by atoms with Gasteiger partial charge in [0.15, 0.2) is 12.4 Å². The molecule has 1 heterocycles. The first-order chi connectivity index (χ1) is 25.3. The summed E-state index contributed by atoms with van der Waals surface area (Å²) in [6.45, 7) is 5.75. The van der Waals surface area contributed by atoms with Crippen LogP contribution >= 0.6 is 0 Å². The lowest BCUT2D eigenvalue weighted by molar-refractivity contribution is -0.697. The van der Waals surface area contributed by atoms with E-state index in [9.17, 15) is 0 Å². The van der Waals surface area contributed by atoms with E-state index < -0.39 is 0 Å². The average molecular weight is 703 g/mol. The van der Waals surface area contributed by atoms with Gasteiger partial charge in [-0.1, -0.05) is 237 Å². The molecule has 0 fully saturated rings. The molecule has 0 N–H and O–H groups in total. The zero-order valence-corrected chi connectivity index (χ0v) is 34.7. The molecular formula is C50H88N+. The fraction of sp³-hybridized carbons (Fsp3) is 0.780. The van der Waals surface area contributed by atoms with Gasteiger partial charge in [-0.25, -0.2) is 4.57 Å². The van der Waals surface area contributed by atoms with Crippen LogP contribution < -0.4 is 4.57 Å². The third-order valence-corrected chi connectivity index (χ3v) is 11.5. The second-order valence-corrected chi connectivity index (χ2v) is 16.4. The fourth-order valence-electron chi connectivity index (χ4n) is 8.06. The Morgan fingerprint density at radius 2 is 0.686 bits per heavy atom. The van der Waals surface area contributed by atoms with Crippen molar-refractivity contribution in [2.45, 2.75) is 252 Å². The predicted octanol–water partition coefficient (Wildman–Crippen LogP) is 16.2. The summed E-state index contributed by atoms with van der Waals surface area (Å²) < 4.78 is 2.49. The molecule has 0 aliphatic rings. The van der Waals surface area contributed by atoms with Gasteiger partial charge in [0.2, 0.25) is 0 Å². The Morgan fingerprint density at radius 3 is 1.08 bits per heavy atom. The summed E-state index contributed by atoms with van der Waals surface area (Å²) in [5.74, 6) is 0. The van der Waals surface area contributed by atoms with Crippen LogP contribution in [0.25, 0.3) is 0 Å². The highest BCUT2D eigenvalue weighted by molar-refractivity contribution is 5.21. The number of hydrogen-bond acceptors (Lipinski definition) is 0. The standard InChI is InChI=1S/C50H88N/c1-3-5-7-9-11-13-15-17-19-21-23-25-27-29-31-36-42-49-44-46-51(45-38-41-48-39-34-33-35-40-48)47-50(49)43-37-32-30-28-26-24-22-20-18-16-14-12-10-8-6-4-2/h33-35,39-40,44,46-47H,3-32,36-38,41-43,45H2,1-2H3/q+1. The van der Waals surface area contributed by atoms with Gasteiger partial charge in [-0.15, -0.1) is 0 Å². The zero-order valence-electron chi connectivity index (χ0n) is 34.7. The number of benzene rings is 1. The summed E-state index contributed by atoms with van der Waals surface area (Å²) in [4.78, 5) is 0. The zero-order chi connectivity index (χ0) is 36.1. The number of aromatic nitrogens is 1. The van der Waals surface area contributed by atoms with Crippen LogP contribution in [0.1, 0.15) is 242 Å². The van der Waals surface area contributed by atoms with Crippen molar-refractivity contribution in [1.29, 1.82) is 0 Å². The number of unbranched alkanes of at least 4 members (excludes halogenated alkanes) is 30. The van der Waals surface area contributed by atoms with Gasteiger partial charge >= 0.3 is 0 Å². The Labute approximate surface area is 320 Å². The van der Waals surface area contributed by atoms with Crippen LogP contribution in [-0.2, 0) is 25.8 Å². The maximum absolute atomic E-state index is 2.53. The van der Waals surface area contributed by atoms with Gasteiger partial charge in [-0.05, 0) is 43.2 Å². The van der Waals surface area contributed by atoms with Crippen LogP contribution in [0.5, 0.6) is 0 Å². The Bertz CT molecular complexity index is 980. The molecule has 0 unspecified atom stereocenters. The van der Waals surface area contributed by atoms with Gasteiger partial charge in [0.25, 0.3) is 0 Å². The van der Waals surface area contributed by atoms with Crippen molar-refractivity contribution < 1.29 is 4.57 Å². The topological polar surface area (TPSA) is 3.88 Å². The lowest BCUT2D eigenvalue weighted by atomic mass is 9.97. The summed E-state index contributed by atoms with van der Waals surface area (Å²) in [6, 6.07) is 13.5. The Balaban J connectivity index is 1.58. The summed E-state index contributed by atoms with van der Waals surface area (Å²) in [7, 11) is 0. The molecule has 0 amide bonds. The number of pyridine rings is 1. The van der Waals surface area contributed by atoms with Gasteiger partial charge in [0.05, 0.1) is 0 Å². The lowest BCUT2D eigenvalue weighted by Crippen LogP contribution is -2.34. The van der Waals surface area contributed by atoms with Crippen molar-refractivity contribution in [2.75, 3.05) is 0 Å². The Kier molecular flexibility index (Phi) is 31.6. The van der Waals surface area contributed by atoms with E-state index in [0.29, 0.717) is 0 Å². The number of nitrogens with zero attached hydrogens (tertiary/aromatic N) is 1. The summed E-state index contributed by atoms with van der Waals surface area (Å²) in [6.07, 6.45) is 56.0. The number of aryl methyl sites for hydroxylation is 4. The van der Waals surface area contributed by atoms with Crippen molar-refractivity contribution in [3.63, 3.8) is 0 Å². The van der Waals surface area contributed by atoms with Gasteiger partial charge < -0.3 is 0 Å². The average Bonchev–Trinajstić information content (AvgIpc) is 3.15. The molecule has 292 valence electrons. The second kappa shape index (κ2) is 35.4.